The minimum absolute atomic E-state index is 0.0666. The van der Waals surface area contributed by atoms with Crippen LogP contribution in [-0.2, 0) is 27.2 Å². The van der Waals surface area contributed by atoms with Crippen molar-refractivity contribution in [3.63, 3.8) is 0 Å². The summed E-state index contributed by atoms with van der Waals surface area (Å²) in [5, 5.41) is 3.71. The van der Waals surface area contributed by atoms with E-state index in [0.717, 1.165) is 39.6 Å². The molecule has 5 nitrogen and oxygen atoms in total. The van der Waals surface area contributed by atoms with Crippen molar-refractivity contribution >= 4 is 22.8 Å². The molecule has 0 radical (unpaired) electrons. The highest BCUT2D eigenvalue weighted by atomic mass is 16.5. The van der Waals surface area contributed by atoms with E-state index in [2.05, 4.69) is 5.32 Å². The largest absolute Gasteiger partial charge is 0.464 e. The van der Waals surface area contributed by atoms with Crippen LogP contribution in [0.3, 0.4) is 0 Å². The van der Waals surface area contributed by atoms with E-state index >= 15 is 0 Å². The first kappa shape index (κ1) is 19.7. The lowest BCUT2D eigenvalue weighted by Gasteiger charge is -2.13. The molecule has 1 amide bonds. The van der Waals surface area contributed by atoms with E-state index in [4.69, 9.17) is 9.15 Å². The predicted octanol–water partition coefficient (Wildman–Crippen LogP) is 3.88. The summed E-state index contributed by atoms with van der Waals surface area (Å²) in [4.78, 5) is 24.4. The normalized spacial score (nSPS) is 12.0. The zero-order valence-electron chi connectivity index (χ0n) is 16.5. The topological polar surface area (TPSA) is 68.5 Å². The number of aryl methyl sites for hydroxylation is 2. The van der Waals surface area contributed by atoms with Crippen LogP contribution in [0.25, 0.3) is 11.0 Å². The molecule has 2 aromatic carbocycles. The number of benzene rings is 2. The van der Waals surface area contributed by atoms with Crippen molar-refractivity contribution in [2.45, 2.75) is 39.7 Å². The van der Waals surface area contributed by atoms with E-state index < -0.39 is 12.1 Å². The predicted molar refractivity (Wildman–Crippen MR) is 108 cm³/mol. The third-order valence-corrected chi connectivity index (χ3v) is 4.84. The Kier molecular flexibility index (Phi) is 6.14. The maximum absolute atomic E-state index is 12.3. The third kappa shape index (κ3) is 4.80. The molecular weight excluding hydrogens is 354 g/mol. The summed E-state index contributed by atoms with van der Waals surface area (Å²) in [6, 6.07) is 13.9. The highest BCUT2D eigenvalue weighted by molar-refractivity contribution is 5.88. The molecule has 1 N–H and O–H groups in total. The first-order chi connectivity index (χ1) is 13.4. The summed E-state index contributed by atoms with van der Waals surface area (Å²) in [5.74, 6) is -0.751. The first-order valence-electron chi connectivity index (χ1n) is 9.42. The Morgan fingerprint density at radius 3 is 2.57 bits per heavy atom. The monoisotopic (exact) mass is 379 g/mol. The van der Waals surface area contributed by atoms with Gasteiger partial charge in [0.15, 0.2) is 6.10 Å². The van der Waals surface area contributed by atoms with Crippen molar-refractivity contribution in [2.75, 3.05) is 6.54 Å². The highest BCUT2D eigenvalue weighted by Gasteiger charge is 2.19. The van der Waals surface area contributed by atoms with Crippen molar-refractivity contribution in [1.82, 2.24) is 5.32 Å². The van der Waals surface area contributed by atoms with Gasteiger partial charge in [0.05, 0.1) is 12.7 Å². The second-order valence-electron chi connectivity index (χ2n) is 7.03. The van der Waals surface area contributed by atoms with Crippen molar-refractivity contribution in [3.05, 3.63) is 71.0 Å². The average Bonchev–Trinajstić information content (AvgIpc) is 3.04. The number of rotatable bonds is 7. The molecule has 0 spiro atoms. The molecule has 0 aliphatic rings. The van der Waals surface area contributed by atoms with Gasteiger partial charge in [0.2, 0.25) is 0 Å². The molecule has 0 saturated heterocycles. The van der Waals surface area contributed by atoms with Crippen molar-refractivity contribution in [2.24, 2.45) is 0 Å². The van der Waals surface area contributed by atoms with Crippen molar-refractivity contribution < 1.29 is 18.7 Å². The summed E-state index contributed by atoms with van der Waals surface area (Å²) in [6.07, 6.45) is 1.53. The Bertz CT molecular complexity index is 975. The summed E-state index contributed by atoms with van der Waals surface area (Å²) in [7, 11) is 0. The maximum atomic E-state index is 12.3. The van der Waals surface area contributed by atoms with Gasteiger partial charge in [-0.25, -0.2) is 0 Å². The van der Waals surface area contributed by atoms with Crippen LogP contribution < -0.4 is 5.32 Å². The zero-order valence-corrected chi connectivity index (χ0v) is 16.5. The minimum atomic E-state index is -0.842. The van der Waals surface area contributed by atoms with Crippen LogP contribution in [0.2, 0.25) is 0 Å². The van der Waals surface area contributed by atoms with Crippen LogP contribution in [0.4, 0.5) is 0 Å². The minimum Gasteiger partial charge on any atom is -0.464 e. The van der Waals surface area contributed by atoms with Crippen LogP contribution in [0.15, 0.2) is 53.1 Å². The van der Waals surface area contributed by atoms with E-state index in [-0.39, 0.29) is 12.3 Å². The van der Waals surface area contributed by atoms with Gasteiger partial charge in [-0.3, -0.25) is 9.59 Å². The number of nitrogens with one attached hydrogen (secondary N) is 1. The number of hydrogen-bond donors (Lipinski definition) is 1. The summed E-state index contributed by atoms with van der Waals surface area (Å²) < 4.78 is 10.8. The molecule has 1 atom stereocenters. The number of hydrogen-bond acceptors (Lipinski definition) is 4. The third-order valence-electron chi connectivity index (χ3n) is 4.84. The molecule has 146 valence electrons. The molecule has 0 fully saturated rings. The van der Waals surface area contributed by atoms with Crippen LogP contribution in [-0.4, -0.2) is 24.5 Å². The van der Waals surface area contributed by atoms with Gasteiger partial charge in [-0.1, -0.05) is 30.3 Å². The van der Waals surface area contributed by atoms with Gasteiger partial charge in [-0.2, -0.15) is 0 Å². The van der Waals surface area contributed by atoms with E-state index in [9.17, 15) is 9.59 Å². The second kappa shape index (κ2) is 8.74. The fraction of sp³-hybridized carbons (Fsp3) is 0.304. The number of fused-ring (bicyclic) bond motifs is 1. The molecule has 0 unspecified atom stereocenters. The van der Waals surface area contributed by atoms with E-state index in [0.29, 0.717) is 6.54 Å². The standard InChI is InChI=1S/C23H25NO4/c1-15-11-20-19(14-27-21(20)12-16(15)2)13-22(25)28-17(3)23(26)24-10-9-18-7-5-4-6-8-18/h4-8,11-12,14,17H,9-10,13H2,1-3H3,(H,24,26)/t17-/m0/s1. The summed E-state index contributed by atoms with van der Waals surface area (Å²) in [6.45, 7) is 6.11. The Labute approximate surface area is 164 Å². The van der Waals surface area contributed by atoms with Gasteiger partial charge in [-0.05, 0) is 56.0 Å². The number of esters is 1. The van der Waals surface area contributed by atoms with E-state index in [1.807, 2.05) is 56.3 Å². The molecule has 1 heterocycles. The van der Waals surface area contributed by atoms with Gasteiger partial charge in [-0.15, -0.1) is 0 Å². The summed E-state index contributed by atoms with van der Waals surface area (Å²) >= 11 is 0. The molecule has 0 bridgehead atoms. The number of furan rings is 1. The molecule has 28 heavy (non-hydrogen) atoms. The van der Waals surface area contributed by atoms with Gasteiger partial charge >= 0.3 is 5.97 Å². The Balaban J connectivity index is 1.51. The van der Waals surface area contributed by atoms with Crippen LogP contribution >= 0.6 is 0 Å². The SMILES string of the molecule is Cc1cc2occ(CC(=O)O[C@@H](C)C(=O)NCCc3ccccc3)c2cc1C. The number of carbonyl (C=O) groups is 2. The fourth-order valence-electron chi connectivity index (χ4n) is 3.04. The zero-order chi connectivity index (χ0) is 20.1. The van der Waals surface area contributed by atoms with Gasteiger partial charge < -0.3 is 14.5 Å². The number of carbonyl (C=O) groups excluding carboxylic acids is 2. The Hall–Kier alpha value is -3.08. The molecule has 5 heteroatoms. The first-order valence-corrected chi connectivity index (χ1v) is 9.42. The second-order valence-corrected chi connectivity index (χ2v) is 7.03. The number of ether oxygens (including phenoxy) is 1. The van der Waals surface area contributed by atoms with Crippen LogP contribution in [0, 0.1) is 13.8 Å². The summed E-state index contributed by atoms with van der Waals surface area (Å²) in [5.41, 5.74) is 4.92. The lowest BCUT2D eigenvalue weighted by molar-refractivity contribution is -0.154. The molecule has 0 aliphatic heterocycles. The van der Waals surface area contributed by atoms with E-state index in [1.54, 1.807) is 13.2 Å². The van der Waals surface area contributed by atoms with Gasteiger partial charge in [0.25, 0.3) is 5.91 Å². The molecule has 0 saturated carbocycles. The molecule has 3 aromatic rings. The highest BCUT2D eigenvalue weighted by Crippen LogP contribution is 2.25. The fourth-order valence-corrected chi connectivity index (χ4v) is 3.04. The quantitative estimate of drug-likeness (QED) is 0.633. The molecular formula is C23H25NO4. The average molecular weight is 379 g/mol. The van der Waals surface area contributed by atoms with Crippen molar-refractivity contribution in [1.29, 1.82) is 0 Å². The lowest BCUT2D eigenvalue weighted by Crippen LogP contribution is -2.37. The number of amides is 1. The molecule has 3 rings (SSSR count). The lowest BCUT2D eigenvalue weighted by atomic mass is 10.0. The van der Waals surface area contributed by atoms with E-state index in [1.165, 1.54) is 0 Å². The van der Waals surface area contributed by atoms with Crippen LogP contribution in [0.5, 0.6) is 0 Å². The Morgan fingerprint density at radius 1 is 1.11 bits per heavy atom. The van der Waals surface area contributed by atoms with Crippen molar-refractivity contribution in [3.8, 4) is 0 Å². The van der Waals surface area contributed by atoms with Gasteiger partial charge in [0.1, 0.15) is 5.58 Å². The molecule has 1 aromatic heterocycles. The van der Waals surface area contributed by atoms with Crippen LogP contribution in [0.1, 0.15) is 29.2 Å². The molecule has 0 aliphatic carbocycles. The maximum Gasteiger partial charge on any atom is 0.311 e. The smallest absolute Gasteiger partial charge is 0.311 e. The van der Waals surface area contributed by atoms with Gasteiger partial charge in [0, 0.05) is 17.5 Å². The Morgan fingerprint density at radius 2 is 1.82 bits per heavy atom.